The smallest absolute Gasteiger partial charge is 0.337 e. The van der Waals surface area contributed by atoms with Crippen LogP contribution in [-0.4, -0.2) is 27.8 Å². The first-order chi connectivity index (χ1) is 16.6. The number of methoxy groups -OCH3 is 1. The number of ether oxygens (including phenoxy) is 2. The minimum absolute atomic E-state index is 0.300. The van der Waals surface area contributed by atoms with E-state index in [1.165, 1.54) is 13.4 Å². The third kappa shape index (κ3) is 3.24. The summed E-state index contributed by atoms with van der Waals surface area (Å²) in [6.45, 7) is 0. The molecule has 0 unspecified atom stereocenters. The van der Waals surface area contributed by atoms with Crippen LogP contribution in [0.15, 0.2) is 84.7 Å². The summed E-state index contributed by atoms with van der Waals surface area (Å²) in [4.78, 5) is 16.4. The number of carbonyl (C=O) groups is 1. The molecule has 0 bridgehead atoms. The summed E-state index contributed by atoms with van der Waals surface area (Å²) in [5.41, 5.74) is 5.18. The topological polar surface area (TPSA) is 78.3 Å². The van der Waals surface area contributed by atoms with Crippen molar-refractivity contribution in [3.63, 3.8) is 0 Å². The summed E-state index contributed by atoms with van der Waals surface area (Å²) in [5, 5.41) is 8.62. The number of aromatic nitrogens is 3. The molecule has 0 saturated heterocycles. The molecule has 0 fully saturated rings. The maximum absolute atomic E-state index is 12.0. The first-order valence-electron chi connectivity index (χ1n) is 10.7. The molecule has 2 aliphatic heterocycles. The van der Waals surface area contributed by atoms with E-state index in [-0.39, 0.29) is 12.0 Å². The zero-order chi connectivity index (χ0) is 23.2. The Labute approximate surface area is 200 Å². The summed E-state index contributed by atoms with van der Waals surface area (Å²) in [7, 11) is 1.37. The van der Waals surface area contributed by atoms with E-state index in [1.807, 2.05) is 65.3 Å². The Kier molecular flexibility index (Phi) is 4.85. The van der Waals surface area contributed by atoms with Crippen molar-refractivity contribution in [2.45, 2.75) is 12.1 Å². The lowest BCUT2D eigenvalue weighted by atomic mass is 9.84. The molecule has 2 aliphatic rings. The van der Waals surface area contributed by atoms with Gasteiger partial charge in [-0.05, 0) is 47.5 Å². The monoisotopic (exact) mass is 470 g/mol. The lowest BCUT2D eigenvalue weighted by Crippen LogP contribution is -2.32. The third-order valence-corrected chi connectivity index (χ3v) is 6.36. The Morgan fingerprint density at radius 2 is 1.88 bits per heavy atom. The quantitative estimate of drug-likeness (QED) is 0.410. The molecule has 0 spiro atoms. The normalized spacial score (nSPS) is 18.2. The Morgan fingerprint density at radius 3 is 2.68 bits per heavy atom. The molecule has 0 amide bonds. The predicted octanol–water partition coefficient (Wildman–Crippen LogP) is 5.28. The number of hydrogen-bond acceptors (Lipinski definition) is 6. The van der Waals surface area contributed by atoms with E-state index < -0.39 is 6.10 Å². The molecule has 1 N–H and O–H groups in total. The van der Waals surface area contributed by atoms with E-state index in [0.29, 0.717) is 16.5 Å². The van der Waals surface area contributed by atoms with Crippen LogP contribution in [0.5, 0.6) is 5.75 Å². The van der Waals surface area contributed by atoms with E-state index in [2.05, 4.69) is 15.4 Å². The largest absolute Gasteiger partial charge is 0.480 e. The maximum Gasteiger partial charge on any atom is 0.337 e. The van der Waals surface area contributed by atoms with Crippen molar-refractivity contribution < 1.29 is 14.3 Å². The Balaban J connectivity index is 1.57. The highest BCUT2D eigenvalue weighted by atomic mass is 35.5. The second kappa shape index (κ2) is 8.04. The van der Waals surface area contributed by atoms with Crippen LogP contribution in [0, 0.1) is 0 Å². The van der Waals surface area contributed by atoms with Gasteiger partial charge >= 0.3 is 5.97 Å². The molecule has 0 aliphatic carbocycles. The Hall–Kier alpha value is -4.10. The Bertz CT molecular complexity index is 1440. The van der Waals surface area contributed by atoms with E-state index in [9.17, 15) is 4.79 Å². The second-order valence-corrected chi connectivity index (χ2v) is 8.49. The molecule has 168 valence electrons. The SMILES string of the molecule is COC(=O)c1ccc([C@@H]2Oc3ccccc3C3=C2[C@@H](c2cccc(Cl)c2)n2ncnc2N3)cc1. The van der Waals surface area contributed by atoms with Crippen LogP contribution in [0.4, 0.5) is 5.95 Å². The van der Waals surface area contributed by atoms with Crippen LogP contribution >= 0.6 is 11.6 Å². The van der Waals surface area contributed by atoms with Gasteiger partial charge in [0.1, 0.15) is 24.2 Å². The van der Waals surface area contributed by atoms with Gasteiger partial charge in [-0.1, -0.05) is 48.0 Å². The van der Waals surface area contributed by atoms with Gasteiger partial charge in [0, 0.05) is 16.2 Å². The van der Waals surface area contributed by atoms with Crippen LogP contribution in [0.1, 0.15) is 39.2 Å². The number of benzene rings is 3. The summed E-state index contributed by atoms with van der Waals surface area (Å²) in [6.07, 6.45) is 1.09. The number of halogens is 1. The van der Waals surface area contributed by atoms with Crippen molar-refractivity contribution in [3.05, 3.63) is 112 Å². The van der Waals surface area contributed by atoms with Crippen LogP contribution in [0.3, 0.4) is 0 Å². The van der Waals surface area contributed by atoms with Gasteiger partial charge < -0.3 is 14.8 Å². The van der Waals surface area contributed by atoms with Crippen LogP contribution in [-0.2, 0) is 4.74 Å². The molecule has 8 heteroatoms. The molecule has 2 atom stereocenters. The first kappa shape index (κ1) is 20.5. The summed E-state index contributed by atoms with van der Waals surface area (Å²) >= 11 is 6.38. The molecule has 34 heavy (non-hydrogen) atoms. The van der Waals surface area contributed by atoms with Crippen molar-refractivity contribution in [1.29, 1.82) is 0 Å². The van der Waals surface area contributed by atoms with Crippen LogP contribution in [0.25, 0.3) is 5.70 Å². The number of anilines is 1. The molecule has 0 radical (unpaired) electrons. The zero-order valence-electron chi connectivity index (χ0n) is 18.1. The van der Waals surface area contributed by atoms with Crippen molar-refractivity contribution in [2.24, 2.45) is 0 Å². The fraction of sp³-hybridized carbons (Fsp3) is 0.115. The highest BCUT2D eigenvalue weighted by Crippen LogP contribution is 2.50. The van der Waals surface area contributed by atoms with Gasteiger partial charge in [-0.25, -0.2) is 9.48 Å². The van der Waals surface area contributed by atoms with E-state index in [4.69, 9.17) is 21.1 Å². The molecular formula is C26H19ClN4O3. The number of rotatable bonds is 3. The Morgan fingerprint density at radius 1 is 1.06 bits per heavy atom. The summed E-state index contributed by atoms with van der Waals surface area (Å²) in [6, 6.07) is 22.6. The van der Waals surface area contributed by atoms with Crippen molar-refractivity contribution >= 4 is 29.2 Å². The summed E-state index contributed by atoms with van der Waals surface area (Å²) < 4.78 is 13.3. The van der Waals surface area contributed by atoms with Gasteiger partial charge in [0.25, 0.3) is 0 Å². The van der Waals surface area contributed by atoms with Crippen molar-refractivity contribution in [1.82, 2.24) is 14.8 Å². The molecule has 3 aromatic carbocycles. The number of esters is 1. The molecule has 0 saturated carbocycles. The summed E-state index contributed by atoms with van der Waals surface area (Å²) in [5.74, 6) is 1.01. The van der Waals surface area contributed by atoms with Crippen LogP contribution in [0.2, 0.25) is 5.02 Å². The van der Waals surface area contributed by atoms with Gasteiger partial charge in [-0.15, -0.1) is 0 Å². The van der Waals surface area contributed by atoms with Crippen molar-refractivity contribution in [3.8, 4) is 5.75 Å². The average molecular weight is 471 g/mol. The average Bonchev–Trinajstić information content (AvgIpc) is 3.35. The number of nitrogens with zero attached hydrogens (tertiary/aromatic N) is 3. The predicted molar refractivity (Wildman–Crippen MR) is 128 cm³/mol. The lowest BCUT2D eigenvalue weighted by Gasteiger charge is -2.39. The van der Waals surface area contributed by atoms with Gasteiger partial charge in [0.05, 0.1) is 18.4 Å². The highest BCUT2D eigenvalue weighted by molar-refractivity contribution is 6.30. The standard InChI is InChI=1S/C26H19ClN4O3/c1-33-25(32)16-11-9-15(10-12-16)24-21-22(19-7-2-3-8-20(19)34-24)30-26-28-14-29-31(26)23(21)17-5-4-6-18(27)13-17/h2-14,23-24H,1H3,(H,28,29,30)/t23-,24+/m1/s1. The van der Waals surface area contributed by atoms with Crippen molar-refractivity contribution in [2.75, 3.05) is 12.4 Å². The molecule has 6 rings (SSSR count). The maximum atomic E-state index is 12.0. The second-order valence-electron chi connectivity index (χ2n) is 8.05. The first-order valence-corrected chi connectivity index (χ1v) is 11.1. The molecule has 3 heterocycles. The van der Waals surface area contributed by atoms with Gasteiger partial charge in [-0.2, -0.15) is 10.1 Å². The fourth-order valence-electron chi connectivity index (χ4n) is 4.60. The molecular weight excluding hydrogens is 452 g/mol. The van der Waals surface area contributed by atoms with E-state index in [0.717, 1.165) is 33.7 Å². The minimum atomic E-state index is -0.439. The number of carbonyl (C=O) groups excluding carboxylic acids is 1. The van der Waals surface area contributed by atoms with E-state index >= 15 is 0 Å². The van der Waals surface area contributed by atoms with E-state index in [1.54, 1.807) is 12.1 Å². The molecule has 4 aromatic rings. The highest BCUT2D eigenvalue weighted by Gasteiger charge is 2.40. The lowest BCUT2D eigenvalue weighted by molar-refractivity contribution is 0.0600. The number of fused-ring (bicyclic) bond motifs is 3. The number of para-hydroxylation sites is 1. The van der Waals surface area contributed by atoms with Crippen LogP contribution < -0.4 is 10.1 Å². The molecule has 7 nitrogen and oxygen atoms in total. The van der Waals surface area contributed by atoms with Gasteiger partial charge in [0.2, 0.25) is 5.95 Å². The zero-order valence-corrected chi connectivity index (χ0v) is 18.9. The third-order valence-electron chi connectivity index (χ3n) is 6.12. The van der Waals surface area contributed by atoms with Gasteiger partial charge in [0.15, 0.2) is 0 Å². The minimum Gasteiger partial charge on any atom is -0.480 e. The fourth-order valence-corrected chi connectivity index (χ4v) is 4.80. The number of nitrogens with one attached hydrogen (secondary N) is 1. The molecule has 1 aromatic heterocycles. The van der Waals surface area contributed by atoms with Gasteiger partial charge in [-0.3, -0.25) is 0 Å². The number of hydrogen-bond donors (Lipinski definition) is 1.